The Bertz CT molecular complexity index is 250. The number of hydrogen-bond acceptors (Lipinski definition) is 5. The summed E-state index contributed by atoms with van der Waals surface area (Å²) in [6.07, 6.45) is 15.6. The van der Waals surface area contributed by atoms with Gasteiger partial charge < -0.3 is 23.7 Å². The third-order valence-corrected chi connectivity index (χ3v) is 4.77. The predicted molar refractivity (Wildman–Crippen MR) is 121 cm³/mol. The van der Waals surface area contributed by atoms with Crippen molar-refractivity contribution in [3.8, 4) is 0 Å². The predicted octanol–water partition coefficient (Wildman–Crippen LogP) is 5.79. The molecule has 0 rings (SSSR count). The second kappa shape index (κ2) is 27.8. The lowest BCUT2D eigenvalue weighted by Gasteiger charge is -2.08. The average Bonchev–Trinajstić information content (AvgIpc) is 2.74. The van der Waals surface area contributed by atoms with Crippen LogP contribution in [0.3, 0.4) is 0 Å². The molecule has 5 heteroatoms. The van der Waals surface area contributed by atoms with E-state index in [1.165, 1.54) is 64.2 Å². The summed E-state index contributed by atoms with van der Waals surface area (Å²) in [5.41, 5.74) is 0. The maximum Gasteiger partial charge on any atom is 0.0701 e. The van der Waals surface area contributed by atoms with E-state index in [0.29, 0.717) is 52.9 Å². The number of hydrogen-bond donors (Lipinski definition) is 0. The molecule has 5 nitrogen and oxygen atoms in total. The second-order valence-corrected chi connectivity index (χ2v) is 7.60. The van der Waals surface area contributed by atoms with Crippen LogP contribution >= 0.6 is 0 Å². The van der Waals surface area contributed by atoms with Crippen LogP contribution in [0.1, 0.15) is 90.9 Å². The van der Waals surface area contributed by atoms with Crippen molar-refractivity contribution in [1.29, 1.82) is 0 Å². The van der Waals surface area contributed by atoms with E-state index >= 15 is 0 Å². The zero-order valence-corrected chi connectivity index (χ0v) is 19.6. The van der Waals surface area contributed by atoms with Crippen LogP contribution in [0.25, 0.3) is 0 Å². The van der Waals surface area contributed by atoms with Crippen molar-refractivity contribution >= 4 is 0 Å². The first-order valence-electron chi connectivity index (χ1n) is 12.3. The van der Waals surface area contributed by atoms with E-state index in [1.54, 1.807) is 0 Å². The van der Waals surface area contributed by atoms with E-state index in [2.05, 4.69) is 13.8 Å². The van der Waals surface area contributed by atoms with Gasteiger partial charge in [0.05, 0.1) is 52.9 Å². The summed E-state index contributed by atoms with van der Waals surface area (Å²) in [4.78, 5) is 0. The van der Waals surface area contributed by atoms with Gasteiger partial charge in [-0.3, -0.25) is 0 Å². The lowest BCUT2D eigenvalue weighted by Crippen LogP contribution is -2.13. The molecule has 176 valence electrons. The molecule has 0 unspecified atom stereocenters. The SMILES string of the molecule is CCCCCCCCOCCOCCOCCOCCOCCCCCCCC. The lowest BCUT2D eigenvalue weighted by atomic mass is 10.1. The van der Waals surface area contributed by atoms with Crippen molar-refractivity contribution in [3.05, 3.63) is 0 Å². The number of rotatable bonds is 26. The van der Waals surface area contributed by atoms with Crippen LogP contribution in [0, 0.1) is 0 Å². The van der Waals surface area contributed by atoms with E-state index in [0.717, 1.165) is 26.1 Å². The molecule has 0 aromatic carbocycles. The van der Waals surface area contributed by atoms with Crippen LogP contribution in [-0.2, 0) is 23.7 Å². The van der Waals surface area contributed by atoms with Crippen LogP contribution < -0.4 is 0 Å². The van der Waals surface area contributed by atoms with Gasteiger partial charge in [-0.1, -0.05) is 78.1 Å². The molecular weight excluding hydrogens is 368 g/mol. The van der Waals surface area contributed by atoms with E-state index in [1.807, 2.05) is 0 Å². The Morgan fingerprint density at radius 3 is 0.828 bits per heavy atom. The van der Waals surface area contributed by atoms with E-state index in [-0.39, 0.29) is 0 Å². The molecule has 0 aliphatic heterocycles. The largest absolute Gasteiger partial charge is 0.379 e. The van der Waals surface area contributed by atoms with Gasteiger partial charge in [0.1, 0.15) is 0 Å². The minimum Gasteiger partial charge on any atom is -0.379 e. The molecular formula is C24H50O5. The smallest absolute Gasteiger partial charge is 0.0701 e. The van der Waals surface area contributed by atoms with E-state index in [4.69, 9.17) is 23.7 Å². The summed E-state index contributed by atoms with van der Waals surface area (Å²) < 4.78 is 27.6. The Morgan fingerprint density at radius 1 is 0.276 bits per heavy atom. The first-order chi connectivity index (χ1) is 14.4. The fourth-order valence-corrected chi connectivity index (χ4v) is 2.95. The molecule has 0 atom stereocenters. The Morgan fingerprint density at radius 2 is 0.517 bits per heavy atom. The van der Waals surface area contributed by atoms with Gasteiger partial charge in [0.2, 0.25) is 0 Å². The maximum atomic E-state index is 5.57. The minimum atomic E-state index is 0.606. The third-order valence-electron chi connectivity index (χ3n) is 4.77. The Kier molecular flexibility index (Phi) is 27.6. The van der Waals surface area contributed by atoms with Crippen LogP contribution in [0.5, 0.6) is 0 Å². The van der Waals surface area contributed by atoms with Crippen molar-refractivity contribution in [3.63, 3.8) is 0 Å². The van der Waals surface area contributed by atoms with Crippen LogP contribution in [0.4, 0.5) is 0 Å². The highest BCUT2D eigenvalue weighted by molar-refractivity contribution is 4.44. The van der Waals surface area contributed by atoms with Crippen molar-refractivity contribution in [2.45, 2.75) is 90.9 Å². The van der Waals surface area contributed by atoms with Gasteiger partial charge in [-0.2, -0.15) is 0 Å². The summed E-state index contributed by atoms with van der Waals surface area (Å²) in [5, 5.41) is 0. The summed E-state index contributed by atoms with van der Waals surface area (Å²) in [6, 6.07) is 0. The van der Waals surface area contributed by atoms with Gasteiger partial charge in [-0.15, -0.1) is 0 Å². The highest BCUT2D eigenvalue weighted by Gasteiger charge is 1.95. The van der Waals surface area contributed by atoms with E-state index < -0.39 is 0 Å². The molecule has 0 saturated heterocycles. The average molecular weight is 419 g/mol. The van der Waals surface area contributed by atoms with Gasteiger partial charge in [0.15, 0.2) is 0 Å². The number of unbranched alkanes of at least 4 members (excludes halogenated alkanes) is 10. The zero-order chi connectivity index (χ0) is 21.1. The molecule has 0 aliphatic rings. The highest BCUT2D eigenvalue weighted by atomic mass is 16.6. The molecule has 0 aromatic heterocycles. The molecule has 0 amide bonds. The fraction of sp³-hybridized carbons (Fsp3) is 1.00. The van der Waals surface area contributed by atoms with Crippen LogP contribution in [0.2, 0.25) is 0 Å². The van der Waals surface area contributed by atoms with Gasteiger partial charge in [-0.05, 0) is 12.8 Å². The van der Waals surface area contributed by atoms with Crippen molar-refractivity contribution in [2.24, 2.45) is 0 Å². The lowest BCUT2D eigenvalue weighted by molar-refractivity contribution is -0.0114. The molecule has 0 radical (unpaired) electrons. The Balaban J connectivity index is 2.97. The number of ether oxygens (including phenoxy) is 5. The first kappa shape index (κ1) is 28.8. The van der Waals surface area contributed by atoms with Crippen molar-refractivity contribution < 1.29 is 23.7 Å². The molecule has 0 heterocycles. The minimum absolute atomic E-state index is 0.606. The van der Waals surface area contributed by atoms with Crippen LogP contribution in [0.15, 0.2) is 0 Å². The second-order valence-electron chi connectivity index (χ2n) is 7.60. The van der Waals surface area contributed by atoms with Crippen molar-refractivity contribution in [2.75, 3.05) is 66.1 Å². The molecule has 0 saturated carbocycles. The summed E-state index contributed by atoms with van der Waals surface area (Å²) >= 11 is 0. The Labute approximate surface area is 181 Å². The van der Waals surface area contributed by atoms with E-state index in [9.17, 15) is 0 Å². The maximum absolute atomic E-state index is 5.57. The van der Waals surface area contributed by atoms with Gasteiger partial charge >= 0.3 is 0 Å². The zero-order valence-electron chi connectivity index (χ0n) is 19.6. The molecule has 0 bridgehead atoms. The Hall–Kier alpha value is -0.200. The molecule has 0 spiro atoms. The first-order valence-corrected chi connectivity index (χ1v) is 12.3. The highest BCUT2D eigenvalue weighted by Crippen LogP contribution is 2.05. The van der Waals surface area contributed by atoms with Gasteiger partial charge in [0, 0.05) is 13.2 Å². The third kappa shape index (κ3) is 27.8. The quantitative estimate of drug-likeness (QED) is 0.166. The summed E-state index contributed by atoms with van der Waals surface area (Å²) in [6.45, 7) is 11.3. The topological polar surface area (TPSA) is 46.2 Å². The fourth-order valence-electron chi connectivity index (χ4n) is 2.95. The standard InChI is InChI=1S/C24H50O5/c1-3-5-7-9-11-13-15-25-17-19-27-21-23-29-24-22-28-20-18-26-16-14-12-10-8-6-4-2/h3-24H2,1-2H3. The normalized spacial score (nSPS) is 11.4. The molecule has 0 fully saturated rings. The summed E-state index contributed by atoms with van der Waals surface area (Å²) in [7, 11) is 0. The molecule has 0 aliphatic carbocycles. The van der Waals surface area contributed by atoms with Crippen molar-refractivity contribution in [1.82, 2.24) is 0 Å². The molecule has 29 heavy (non-hydrogen) atoms. The van der Waals surface area contributed by atoms with Crippen LogP contribution in [-0.4, -0.2) is 66.1 Å². The molecule has 0 N–H and O–H groups in total. The van der Waals surface area contributed by atoms with Gasteiger partial charge in [-0.25, -0.2) is 0 Å². The van der Waals surface area contributed by atoms with Gasteiger partial charge in [0.25, 0.3) is 0 Å². The molecule has 0 aromatic rings. The summed E-state index contributed by atoms with van der Waals surface area (Å²) in [5.74, 6) is 0. The monoisotopic (exact) mass is 418 g/mol.